The van der Waals surface area contributed by atoms with Gasteiger partial charge in [0, 0.05) is 42.9 Å². The number of imidazole rings is 1. The SMILES string of the molecule is Cn1cncc1C1(C(F)(F)F)Nc2ccc(C(=O)C3CCNCC3)cc2C(C(F)(F)F)=C1C(=O)N1CCCCC1. The minimum absolute atomic E-state index is 0.0356. The molecular formula is C27H29F6N5O2. The fourth-order valence-corrected chi connectivity index (χ4v) is 6.01. The van der Waals surface area contributed by atoms with Crippen LogP contribution in [0.1, 0.15) is 53.7 Å². The van der Waals surface area contributed by atoms with E-state index < -0.39 is 57.8 Å². The van der Waals surface area contributed by atoms with Crippen LogP contribution in [0.5, 0.6) is 0 Å². The molecule has 4 heterocycles. The molecule has 40 heavy (non-hydrogen) atoms. The quantitative estimate of drug-likeness (QED) is 0.408. The number of hydrogen-bond acceptors (Lipinski definition) is 5. The molecule has 1 aromatic heterocycles. The Morgan fingerprint density at radius 1 is 1.02 bits per heavy atom. The summed E-state index contributed by atoms with van der Waals surface area (Å²) in [6.07, 6.45) is -6.27. The van der Waals surface area contributed by atoms with Crippen molar-refractivity contribution in [3.05, 3.63) is 53.1 Å². The summed E-state index contributed by atoms with van der Waals surface area (Å²) in [6.45, 7) is 1.22. The Bertz CT molecular complexity index is 1340. The smallest absolute Gasteiger partial charge is 0.362 e. The highest BCUT2D eigenvalue weighted by Gasteiger charge is 2.66. The lowest BCUT2D eigenvalue weighted by atomic mass is 9.75. The zero-order chi connectivity index (χ0) is 28.9. The number of aryl methyl sites for hydroxylation is 1. The Labute approximate surface area is 226 Å². The fourth-order valence-electron chi connectivity index (χ4n) is 6.01. The first-order valence-corrected chi connectivity index (χ1v) is 13.2. The summed E-state index contributed by atoms with van der Waals surface area (Å²) in [5.74, 6) is -2.15. The minimum Gasteiger partial charge on any atom is -0.362 e. The second-order valence-corrected chi connectivity index (χ2v) is 10.5. The minimum atomic E-state index is -5.39. The average Bonchev–Trinajstić information content (AvgIpc) is 3.36. The second kappa shape index (κ2) is 10.2. The van der Waals surface area contributed by atoms with Crippen molar-refractivity contribution in [1.29, 1.82) is 0 Å². The lowest BCUT2D eigenvalue weighted by Gasteiger charge is -2.45. The van der Waals surface area contributed by atoms with Crippen molar-refractivity contribution in [2.75, 3.05) is 31.5 Å². The van der Waals surface area contributed by atoms with Crippen LogP contribution in [0.4, 0.5) is 32.0 Å². The second-order valence-electron chi connectivity index (χ2n) is 10.5. The molecule has 2 saturated heterocycles. The van der Waals surface area contributed by atoms with Gasteiger partial charge in [0.25, 0.3) is 5.91 Å². The summed E-state index contributed by atoms with van der Waals surface area (Å²) in [4.78, 5) is 31.9. The molecule has 1 atom stereocenters. The summed E-state index contributed by atoms with van der Waals surface area (Å²) in [7, 11) is 1.23. The monoisotopic (exact) mass is 569 g/mol. The van der Waals surface area contributed by atoms with E-state index >= 15 is 26.3 Å². The molecule has 0 bridgehead atoms. The van der Waals surface area contributed by atoms with Gasteiger partial charge in [0.1, 0.15) is 0 Å². The van der Waals surface area contributed by atoms with E-state index in [4.69, 9.17) is 0 Å². The maximum Gasteiger partial charge on any atom is 0.421 e. The van der Waals surface area contributed by atoms with Gasteiger partial charge in [-0.2, -0.15) is 26.3 Å². The van der Waals surface area contributed by atoms with Gasteiger partial charge < -0.3 is 20.1 Å². The molecule has 13 heteroatoms. The largest absolute Gasteiger partial charge is 0.421 e. The third kappa shape index (κ3) is 4.67. The number of carbonyl (C=O) groups is 2. The van der Waals surface area contributed by atoms with E-state index in [0.29, 0.717) is 45.2 Å². The van der Waals surface area contributed by atoms with Crippen LogP contribution < -0.4 is 10.6 Å². The molecule has 2 N–H and O–H groups in total. The Morgan fingerprint density at radius 2 is 1.70 bits per heavy atom. The maximum absolute atomic E-state index is 15.3. The van der Waals surface area contributed by atoms with Gasteiger partial charge in [-0.05, 0) is 63.4 Å². The third-order valence-electron chi connectivity index (χ3n) is 8.00. The Morgan fingerprint density at radius 3 is 2.27 bits per heavy atom. The predicted octanol–water partition coefficient (Wildman–Crippen LogP) is 4.81. The van der Waals surface area contributed by atoms with Crippen molar-refractivity contribution in [2.24, 2.45) is 13.0 Å². The number of benzene rings is 1. The van der Waals surface area contributed by atoms with Crippen LogP contribution in [0.15, 0.2) is 36.3 Å². The van der Waals surface area contributed by atoms with Crippen molar-refractivity contribution < 1.29 is 35.9 Å². The molecule has 7 nitrogen and oxygen atoms in total. The van der Waals surface area contributed by atoms with Crippen molar-refractivity contribution in [1.82, 2.24) is 19.8 Å². The summed E-state index contributed by atoms with van der Waals surface area (Å²) in [5, 5.41) is 5.41. The summed E-state index contributed by atoms with van der Waals surface area (Å²) in [5.41, 5.74) is -8.56. The number of halogens is 6. The number of Topliss-reactive ketones (excluding diaryl/α,β-unsaturated/α-hetero) is 1. The van der Waals surface area contributed by atoms with Crippen molar-refractivity contribution in [2.45, 2.75) is 50.0 Å². The third-order valence-corrected chi connectivity index (χ3v) is 8.00. The first kappa shape index (κ1) is 28.2. The molecule has 3 aliphatic rings. The number of nitrogens with zero attached hydrogens (tertiary/aromatic N) is 3. The van der Waals surface area contributed by atoms with Gasteiger partial charge in [-0.1, -0.05) is 0 Å². The summed E-state index contributed by atoms with van der Waals surface area (Å²) in [6, 6.07) is 3.28. The Hall–Kier alpha value is -3.35. The number of rotatable bonds is 4. The number of piperidine rings is 2. The number of ketones is 1. The van der Waals surface area contributed by atoms with Crippen LogP contribution >= 0.6 is 0 Å². The zero-order valence-electron chi connectivity index (χ0n) is 21.8. The highest BCUT2D eigenvalue weighted by atomic mass is 19.4. The number of anilines is 1. The number of alkyl halides is 6. The first-order chi connectivity index (χ1) is 18.9. The molecule has 1 amide bonds. The lowest BCUT2D eigenvalue weighted by Crippen LogP contribution is -2.58. The van der Waals surface area contributed by atoms with Crippen LogP contribution in [0.3, 0.4) is 0 Å². The molecule has 5 rings (SSSR count). The molecule has 0 spiro atoms. The number of nitrogens with one attached hydrogen (secondary N) is 2. The summed E-state index contributed by atoms with van der Waals surface area (Å²) >= 11 is 0. The predicted molar refractivity (Wildman–Crippen MR) is 134 cm³/mol. The first-order valence-electron chi connectivity index (χ1n) is 13.2. The van der Waals surface area contributed by atoms with Crippen molar-refractivity contribution >= 4 is 23.0 Å². The number of amides is 1. The molecule has 1 unspecified atom stereocenters. The van der Waals surface area contributed by atoms with Gasteiger partial charge in [-0.3, -0.25) is 9.59 Å². The number of likely N-dealkylation sites (tertiary alicyclic amines) is 1. The van der Waals surface area contributed by atoms with Gasteiger partial charge >= 0.3 is 12.4 Å². The van der Waals surface area contributed by atoms with Gasteiger partial charge in [0.2, 0.25) is 5.54 Å². The van der Waals surface area contributed by atoms with Crippen LogP contribution in [0, 0.1) is 5.92 Å². The molecule has 0 aliphatic carbocycles. The van der Waals surface area contributed by atoms with Crippen LogP contribution in [-0.2, 0) is 17.4 Å². The molecule has 2 fully saturated rings. The zero-order valence-corrected chi connectivity index (χ0v) is 21.8. The van der Waals surface area contributed by atoms with Gasteiger partial charge in [0.15, 0.2) is 5.78 Å². The molecule has 216 valence electrons. The topological polar surface area (TPSA) is 79.3 Å². The highest BCUT2D eigenvalue weighted by Crippen LogP contribution is 2.56. The van der Waals surface area contributed by atoms with E-state index in [1.54, 1.807) is 0 Å². The Kier molecular flexibility index (Phi) is 7.22. The number of allylic oxidation sites excluding steroid dienone is 1. The molecule has 0 saturated carbocycles. The van der Waals surface area contributed by atoms with Crippen LogP contribution in [0.25, 0.3) is 5.57 Å². The molecule has 1 aromatic carbocycles. The van der Waals surface area contributed by atoms with E-state index in [-0.39, 0.29) is 24.4 Å². The van der Waals surface area contributed by atoms with E-state index in [0.717, 1.165) is 34.1 Å². The van der Waals surface area contributed by atoms with Crippen LogP contribution in [-0.4, -0.2) is 64.7 Å². The van der Waals surface area contributed by atoms with E-state index in [1.807, 2.05) is 0 Å². The van der Waals surface area contributed by atoms with Crippen molar-refractivity contribution in [3.63, 3.8) is 0 Å². The fraction of sp³-hybridized carbons (Fsp3) is 0.519. The standard InChI is InChI=1S/C27H29F6N5O2/c1-37-15-35-14-20(37)25(27(31,32)33)22(24(40)38-11-3-2-4-12-38)21(26(28,29)30)18-13-17(5-6-19(18)36-25)23(39)16-7-9-34-10-8-16/h5-6,13-16,34,36H,2-4,7-12H2,1H3. The number of hydrogen-bond donors (Lipinski definition) is 2. The molecule has 2 aromatic rings. The number of carbonyl (C=O) groups excluding carboxylic acids is 2. The van der Waals surface area contributed by atoms with E-state index in [2.05, 4.69) is 15.6 Å². The molecular weight excluding hydrogens is 540 g/mol. The molecule has 0 radical (unpaired) electrons. The van der Waals surface area contributed by atoms with Gasteiger partial charge in [-0.25, -0.2) is 4.98 Å². The number of aromatic nitrogens is 2. The van der Waals surface area contributed by atoms with E-state index in [9.17, 15) is 9.59 Å². The van der Waals surface area contributed by atoms with Crippen LogP contribution in [0.2, 0.25) is 0 Å². The Balaban J connectivity index is 1.80. The van der Waals surface area contributed by atoms with Gasteiger partial charge in [-0.15, -0.1) is 0 Å². The lowest BCUT2D eigenvalue weighted by molar-refractivity contribution is -0.177. The number of fused-ring (bicyclic) bond motifs is 1. The van der Waals surface area contributed by atoms with Gasteiger partial charge in [0.05, 0.1) is 29.4 Å². The average molecular weight is 570 g/mol. The molecule has 3 aliphatic heterocycles. The highest BCUT2D eigenvalue weighted by molar-refractivity contribution is 6.09. The van der Waals surface area contributed by atoms with Crippen molar-refractivity contribution in [3.8, 4) is 0 Å². The van der Waals surface area contributed by atoms with E-state index in [1.165, 1.54) is 13.1 Å². The summed E-state index contributed by atoms with van der Waals surface area (Å²) < 4.78 is 91.9. The normalized spacial score (nSPS) is 22.6. The maximum atomic E-state index is 15.3.